The van der Waals surface area contributed by atoms with Gasteiger partial charge in [-0.3, -0.25) is 0 Å². The third kappa shape index (κ3) is 3.54. The second-order valence-corrected chi connectivity index (χ2v) is 3.69. The highest BCUT2D eigenvalue weighted by Crippen LogP contribution is 2.17. The van der Waals surface area contributed by atoms with Crippen molar-refractivity contribution in [3.63, 3.8) is 0 Å². The molecule has 0 saturated heterocycles. The van der Waals surface area contributed by atoms with E-state index in [2.05, 4.69) is 25.4 Å². The second kappa shape index (κ2) is 5.98. The predicted octanol–water partition coefficient (Wildman–Crippen LogP) is 0.840. The van der Waals surface area contributed by atoms with Crippen LogP contribution in [0.4, 0.5) is 5.95 Å². The second-order valence-electron chi connectivity index (χ2n) is 3.69. The molecule has 0 amide bonds. The molecule has 0 spiro atoms. The van der Waals surface area contributed by atoms with Crippen molar-refractivity contribution in [1.82, 2.24) is 20.1 Å². The fourth-order valence-electron chi connectivity index (χ4n) is 1.41. The van der Waals surface area contributed by atoms with Gasteiger partial charge in [-0.1, -0.05) is 5.16 Å². The fourth-order valence-corrected chi connectivity index (χ4v) is 1.41. The summed E-state index contributed by atoms with van der Waals surface area (Å²) >= 11 is 0. The minimum Gasteiger partial charge on any atom is -0.481 e. The normalized spacial score (nSPS) is 10.3. The minimum absolute atomic E-state index is 0.424. The first kappa shape index (κ1) is 13.1. The van der Waals surface area contributed by atoms with Gasteiger partial charge < -0.3 is 19.3 Å². The minimum atomic E-state index is 0.424. The zero-order chi connectivity index (χ0) is 13.7. The third-order valence-electron chi connectivity index (χ3n) is 2.29. The lowest BCUT2D eigenvalue weighted by Crippen LogP contribution is -2.09. The van der Waals surface area contributed by atoms with Crippen LogP contribution in [0.15, 0.2) is 10.6 Å². The topological polar surface area (TPSA) is 95.2 Å². The Morgan fingerprint density at radius 3 is 2.37 bits per heavy atom. The van der Waals surface area contributed by atoms with E-state index in [1.165, 1.54) is 14.2 Å². The molecule has 0 aromatic carbocycles. The number of nitrogens with one attached hydrogen (secondary N) is 1. The van der Waals surface area contributed by atoms with Gasteiger partial charge >= 0.3 is 0 Å². The van der Waals surface area contributed by atoms with Crippen LogP contribution in [0.3, 0.4) is 0 Å². The summed E-state index contributed by atoms with van der Waals surface area (Å²) in [5.41, 5.74) is 0. The average Bonchev–Trinajstić information content (AvgIpc) is 2.84. The van der Waals surface area contributed by atoms with Gasteiger partial charge in [0.05, 0.1) is 20.3 Å². The molecule has 2 aromatic rings. The summed E-state index contributed by atoms with van der Waals surface area (Å²) in [6, 6.07) is 1.60. The molecule has 0 aliphatic rings. The number of aryl methyl sites for hydroxylation is 1. The van der Waals surface area contributed by atoms with E-state index in [4.69, 9.17) is 14.0 Å². The molecule has 2 rings (SSSR count). The molecule has 0 fully saturated rings. The van der Waals surface area contributed by atoms with Crippen LogP contribution in [0.25, 0.3) is 0 Å². The number of ether oxygens (including phenoxy) is 2. The summed E-state index contributed by atoms with van der Waals surface area (Å²) in [5.74, 6) is 2.48. The Hall–Kier alpha value is -2.38. The van der Waals surface area contributed by atoms with Crippen molar-refractivity contribution < 1.29 is 14.0 Å². The van der Waals surface area contributed by atoms with Gasteiger partial charge in [-0.25, -0.2) is 0 Å². The number of aromatic nitrogens is 4. The molecule has 0 unspecified atom stereocenters. The lowest BCUT2D eigenvalue weighted by Gasteiger charge is -2.07. The molecule has 19 heavy (non-hydrogen) atoms. The van der Waals surface area contributed by atoms with Gasteiger partial charge in [-0.2, -0.15) is 15.0 Å². The fraction of sp³-hybridized carbons (Fsp3) is 0.455. The molecular formula is C11H15N5O3. The molecule has 1 N–H and O–H groups in total. The molecule has 0 bridgehead atoms. The highest BCUT2D eigenvalue weighted by Gasteiger charge is 2.06. The summed E-state index contributed by atoms with van der Waals surface area (Å²) in [6.45, 7) is 2.34. The first-order valence-corrected chi connectivity index (χ1v) is 5.71. The zero-order valence-corrected chi connectivity index (χ0v) is 11.0. The lowest BCUT2D eigenvalue weighted by molar-refractivity contribution is 0.372. The predicted molar refractivity (Wildman–Crippen MR) is 66.4 cm³/mol. The third-order valence-corrected chi connectivity index (χ3v) is 2.29. The maximum absolute atomic E-state index is 5.05. The SMILES string of the molecule is COc1cc(OC)nc(NCCc2nc(C)no2)n1. The van der Waals surface area contributed by atoms with E-state index < -0.39 is 0 Å². The molecule has 0 radical (unpaired) electrons. The van der Waals surface area contributed by atoms with E-state index in [1.807, 2.05) is 0 Å². The standard InChI is InChI=1S/C11H15N5O3/c1-7-13-8(19-16-7)4-5-12-11-14-9(17-2)6-10(15-11)18-3/h6H,4-5H2,1-3H3,(H,12,14,15). The Balaban J connectivity index is 1.95. The molecule has 102 valence electrons. The Bertz CT molecular complexity index is 521. The van der Waals surface area contributed by atoms with Crippen molar-refractivity contribution in [2.75, 3.05) is 26.1 Å². The van der Waals surface area contributed by atoms with Gasteiger partial charge in [0.1, 0.15) is 0 Å². The van der Waals surface area contributed by atoms with Crippen LogP contribution in [0, 0.1) is 6.92 Å². The first-order chi connectivity index (χ1) is 9.21. The number of rotatable bonds is 6. The van der Waals surface area contributed by atoms with Crippen molar-refractivity contribution >= 4 is 5.95 Å². The Kier molecular flexibility index (Phi) is 4.11. The number of anilines is 1. The van der Waals surface area contributed by atoms with Crippen LogP contribution in [-0.2, 0) is 6.42 Å². The Morgan fingerprint density at radius 1 is 1.16 bits per heavy atom. The first-order valence-electron chi connectivity index (χ1n) is 5.71. The van der Waals surface area contributed by atoms with Gasteiger partial charge in [0, 0.05) is 13.0 Å². The number of hydrogen-bond acceptors (Lipinski definition) is 8. The van der Waals surface area contributed by atoms with E-state index >= 15 is 0 Å². The van der Waals surface area contributed by atoms with Gasteiger partial charge in [0.2, 0.25) is 23.6 Å². The van der Waals surface area contributed by atoms with Gasteiger partial charge in [0.25, 0.3) is 0 Å². The van der Waals surface area contributed by atoms with Crippen molar-refractivity contribution in [2.45, 2.75) is 13.3 Å². The van der Waals surface area contributed by atoms with E-state index in [1.54, 1.807) is 13.0 Å². The van der Waals surface area contributed by atoms with E-state index in [0.29, 0.717) is 42.4 Å². The molecule has 0 aliphatic carbocycles. The van der Waals surface area contributed by atoms with Crippen molar-refractivity contribution in [3.8, 4) is 11.8 Å². The summed E-state index contributed by atoms with van der Waals surface area (Å²) in [4.78, 5) is 12.4. The van der Waals surface area contributed by atoms with E-state index in [0.717, 1.165) is 0 Å². The molecule has 0 atom stereocenters. The van der Waals surface area contributed by atoms with Gasteiger partial charge in [0.15, 0.2) is 5.82 Å². The molecule has 8 heteroatoms. The summed E-state index contributed by atoms with van der Waals surface area (Å²) < 4.78 is 15.1. The van der Waals surface area contributed by atoms with Gasteiger partial charge in [-0.05, 0) is 6.92 Å². The summed E-state index contributed by atoms with van der Waals surface area (Å²) in [5, 5.41) is 6.75. The number of nitrogens with zero attached hydrogens (tertiary/aromatic N) is 4. The molecule has 0 saturated carbocycles. The molecule has 0 aliphatic heterocycles. The largest absolute Gasteiger partial charge is 0.481 e. The van der Waals surface area contributed by atoms with Crippen molar-refractivity contribution in [1.29, 1.82) is 0 Å². The molecule has 8 nitrogen and oxygen atoms in total. The average molecular weight is 265 g/mol. The maximum atomic E-state index is 5.05. The monoisotopic (exact) mass is 265 g/mol. The van der Waals surface area contributed by atoms with Crippen LogP contribution in [-0.4, -0.2) is 40.9 Å². The maximum Gasteiger partial charge on any atom is 0.229 e. The van der Waals surface area contributed by atoms with Crippen molar-refractivity contribution in [3.05, 3.63) is 17.8 Å². The highest BCUT2D eigenvalue weighted by atomic mass is 16.5. The Labute approximate surface area is 110 Å². The molecule has 2 heterocycles. The number of methoxy groups -OCH3 is 2. The quantitative estimate of drug-likeness (QED) is 0.821. The van der Waals surface area contributed by atoms with Crippen LogP contribution < -0.4 is 14.8 Å². The van der Waals surface area contributed by atoms with Gasteiger partial charge in [-0.15, -0.1) is 0 Å². The van der Waals surface area contributed by atoms with Crippen LogP contribution >= 0.6 is 0 Å². The van der Waals surface area contributed by atoms with E-state index in [-0.39, 0.29) is 0 Å². The highest BCUT2D eigenvalue weighted by molar-refractivity contribution is 5.33. The Morgan fingerprint density at radius 2 is 1.84 bits per heavy atom. The summed E-state index contributed by atoms with van der Waals surface area (Å²) in [6.07, 6.45) is 0.587. The molecular weight excluding hydrogens is 250 g/mol. The number of hydrogen-bond donors (Lipinski definition) is 1. The molecule has 2 aromatic heterocycles. The van der Waals surface area contributed by atoms with Crippen LogP contribution in [0.2, 0.25) is 0 Å². The lowest BCUT2D eigenvalue weighted by atomic mass is 10.4. The van der Waals surface area contributed by atoms with Crippen molar-refractivity contribution in [2.24, 2.45) is 0 Å². The summed E-state index contributed by atoms with van der Waals surface area (Å²) in [7, 11) is 3.07. The van der Waals surface area contributed by atoms with Crippen LogP contribution in [0.5, 0.6) is 11.8 Å². The van der Waals surface area contributed by atoms with E-state index in [9.17, 15) is 0 Å². The smallest absolute Gasteiger partial charge is 0.229 e. The zero-order valence-electron chi connectivity index (χ0n) is 11.0. The van der Waals surface area contributed by atoms with Crippen LogP contribution in [0.1, 0.15) is 11.7 Å².